The average molecular weight is 618 g/mol. The highest BCUT2D eigenvalue weighted by Gasteiger charge is 2.66. The zero-order valence-corrected chi connectivity index (χ0v) is 25.6. The van der Waals surface area contributed by atoms with Crippen LogP contribution >= 0.6 is 11.6 Å². The van der Waals surface area contributed by atoms with Crippen LogP contribution < -0.4 is 10.9 Å². The highest BCUT2D eigenvalue weighted by molar-refractivity contribution is 6.31. The molecule has 3 atom stereocenters. The van der Waals surface area contributed by atoms with Crippen molar-refractivity contribution in [2.45, 2.75) is 76.7 Å². The number of aliphatic hydroxyl groups is 1. The third-order valence-corrected chi connectivity index (χ3v) is 9.77. The molecule has 3 fully saturated rings. The maximum atomic E-state index is 13.8. The van der Waals surface area contributed by atoms with E-state index in [1.165, 1.54) is 10.9 Å². The number of hydrogen-bond acceptors (Lipinski definition) is 6. The lowest BCUT2D eigenvalue weighted by Gasteiger charge is -2.39. The second-order valence-electron chi connectivity index (χ2n) is 13.5. The van der Waals surface area contributed by atoms with Gasteiger partial charge in [0.05, 0.1) is 41.2 Å². The van der Waals surface area contributed by atoms with Crippen LogP contribution in [0.2, 0.25) is 5.15 Å². The summed E-state index contributed by atoms with van der Waals surface area (Å²) in [6, 6.07) is 9.52. The van der Waals surface area contributed by atoms with Crippen molar-refractivity contribution < 1.29 is 23.4 Å². The molecule has 0 spiro atoms. The lowest BCUT2D eigenvalue weighted by atomic mass is 9.90. The molecule has 2 aliphatic heterocycles. The monoisotopic (exact) mass is 617 g/mol. The number of hydrogen-bond donors (Lipinski definition) is 2. The van der Waals surface area contributed by atoms with Crippen molar-refractivity contribution in [1.29, 1.82) is 0 Å². The van der Waals surface area contributed by atoms with Crippen molar-refractivity contribution in [2.24, 2.45) is 11.3 Å². The van der Waals surface area contributed by atoms with Gasteiger partial charge in [-0.1, -0.05) is 30.7 Å². The minimum Gasteiger partial charge on any atom is -0.388 e. The number of nitrogens with one attached hydrogen (secondary N) is 1. The SMILES string of the molecule is CC1(C)CN[C@@H](c2ccc(-n3c(Cl)cc4c(=O)n(CC5(O)CCN(C(=O)[C@@]6(C)C[C@@H]6C(C)(F)F)CC5)cnc43)cc2)CO1. The molecule has 43 heavy (non-hydrogen) atoms. The van der Waals surface area contributed by atoms with Gasteiger partial charge in [-0.15, -0.1) is 0 Å². The standard InChI is InChI=1S/C31H38ClF2N5O4/c1-28(2)16-35-22(15-43-28)19-5-7-20(8-6-19)39-24(32)13-21-25(39)36-18-38(26(21)40)17-31(42)9-11-37(12-10-31)27(41)29(3)14-23(29)30(4,33)34/h5-8,13,18,22-23,35,42H,9-12,14-17H2,1-4H3/t22-,23+,29+/m1/s1. The van der Waals surface area contributed by atoms with Gasteiger partial charge in [0, 0.05) is 31.2 Å². The number of likely N-dealkylation sites (tertiary alicyclic amines) is 1. The summed E-state index contributed by atoms with van der Waals surface area (Å²) >= 11 is 6.60. The quantitative estimate of drug-likeness (QED) is 0.427. The second kappa shape index (κ2) is 10.4. The number of nitrogens with zero attached hydrogens (tertiary/aromatic N) is 4. The van der Waals surface area contributed by atoms with Crippen molar-refractivity contribution in [2.75, 3.05) is 26.2 Å². The van der Waals surface area contributed by atoms with Crippen LogP contribution in [0.4, 0.5) is 8.78 Å². The van der Waals surface area contributed by atoms with Crippen LogP contribution in [-0.2, 0) is 16.1 Å². The number of fused-ring (bicyclic) bond motifs is 1. The van der Waals surface area contributed by atoms with Gasteiger partial charge < -0.3 is 20.1 Å². The molecule has 1 amide bonds. The first-order valence-electron chi connectivity index (χ1n) is 14.7. The van der Waals surface area contributed by atoms with Crippen LogP contribution in [0, 0.1) is 11.3 Å². The van der Waals surface area contributed by atoms with Crippen LogP contribution in [0.25, 0.3) is 16.7 Å². The molecule has 0 unspecified atom stereocenters. The number of halogens is 3. The third kappa shape index (κ3) is 5.61. The number of carbonyl (C=O) groups excluding carboxylic acids is 1. The van der Waals surface area contributed by atoms with Gasteiger partial charge in [-0.3, -0.25) is 18.7 Å². The van der Waals surface area contributed by atoms with E-state index < -0.39 is 22.9 Å². The van der Waals surface area contributed by atoms with Gasteiger partial charge in [-0.25, -0.2) is 13.8 Å². The number of morpholine rings is 1. The van der Waals surface area contributed by atoms with E-state index in [1.807, 2.05) is 24.3 Å². The third-order valence-electron chi connectivity index (χ3n) is 9.49. The fraction of sp³-hybridized carbons (Fsp3) is 0.581. The van der Waals surface area contributed by atoms with E-state index in [0.29, 0.717) is 22.8 Å². The summed E-state index contributed by atoms with van der Waals surface area (Å²) in [5, 5.41) is 15.5. The van der Waals surface area contributed by atoms with E-state index in [-0.39, 0.29) is 62.0 Å². The van der Waals surface area contributed by atoms with Crippen molar-refractivity contribution in [3.8, 4) is 5.69 Å². The Hall–Kier alpha value is -2.86. The number of aromatic nitrogens is 3. The van der Waals surface area contributed by atoms with Crippen LogP contribution in [0.15, 0.2) is 41.5 Å². The van der Waals surface area contributed by atoms with E-state index in [2.05, 4.69) is 24.1 Å². The maximum Gasteiger partial charge on any atom is 0.262 e. The Morgan fingerprint density at radius 2 is 1.88 bits per heavy atom. The molecule has 1 aromatic carbocycles. The molecular weight excluding hydrogens is 580 g/mol. The smallest absolute Gasteiger partial charge is 0.262 e. The van der Waals surface area contributed by atoms with Gasteiger partial charge >= 0.3 is 0 Å². The number of alkyl halides is 2. The summed E-state index contributed by atoms with van der Waals surface area (Å²) in [6.07, 6.45) is 2.01. The zero-order valence-electron chi connectivity index (χ0n) is 24.9. The van der Waals surface area contributed by atoms with Crippen molar-refractivity contribution in [1.82, 2.24) is 24.3 Å². The van der Waals surface area contributed by atoms with Gasteiger partial charge in [-0.05, 0) is 63.8 Å². The number of rotatable bonds is 6. The lowest BCUT2D eigenvalue weighted by Crippen LogP contribution is -2.51. The Morgan fingerprint density at radius 3 is 2.47 bits per heavy atom. The Bertz CT molecular complexity index is 1600. The molecule has 12 heteroatoms. The predicted octanol–water partition coefficient (Wildman–Crippen LogP) is 4.32. The topological polar surface area (TPSA) is 102 Å². The van der Waals surface area contributed by atoms with Gasteiger partial charge in [0.25, 0.3) is 5.56 Å². The summed E-state index contributed by atoms with van der Waals surface area (Å²) < 4.78 is 36.7. The van der Waals surface area contributed by atoms with E-state index in [9.17, 15) is 23.5 Å². The Labute approximate surface area is 253 Å². The van der Waals surface area contributed by atoms with E-state index >= 15 is 0 Å². The van der Waals surface area contributed by atoms with E-state index in [0.717, 1.165) is 24.7 Å². The molecule has 3 aromatic rings. The van der Waals surface area contributed by atoms with E-state index in [1.54, 1.807) is 22.5 Å². The predicted molar refractivity (Wildman–Crippen MR) is 159 cm³/mol. The molecule has 0 bridgehead atoms. The summed E-state index contributed by atoms with van der Waals surface area (Å²) in [7, 11) is 0. The van der Waals surface area contributed by atoms with Gasteiger partial charge in [-0.2, -0.15) is 0 Å². The minimum absolute atomic E-state index is 0.00547. The lowest BCUT2D eigenvalue weighted by molar-refractivity contribution is -0.143. The largest absolute Gasteiger partial charge is 0.388 e. The molecule has 232 valence electrons. The normalized spacial score (nSPS) is 26.9. The number of carbonyl (C=O) groups is 1. The summed E-state index contributed by atoms with van der Waals surface area (Å²) in [4.78, 5) is 32.6. The summed E-state index contributed by atoms with van der Waals surface area (Å²) in [5.41, 5.74) is -0.598. The number of ether oxygens (including phenoxy) is 1. The molecular formula is C31H38ClF2N5O4. The number of piperidine rings is 1. The Morgan fingerprint density at radius 1 is 1.21 bits per heavy atom. The number of amides is 1. The maximum absolute atomic E-state index is 13.8. The summed E-state index contributed by atoms with van der Waals surface area (Å²) in [6.45, 7) is 8.32. The van der Waals surface area contributed by atoms with Crippen LogP contribution in [0.3, 0.4) is 0 Å². The van der Waals surface area contributed by atoms with Crippen LogP contribution in [0.1, 0.15) is 58.6 Å². The fourth-order valence-corrected chi connectivity index (χ4v) is 6.89. The average Bonchev–Trinajstić information content (AvgIpc) is 3.56. The highest BCUT2D eigenvalue weighted by atomic mass is 35.5. The van der Waals surface area contributed by atoms with Crippen molar-refractivity contribution >= 4 is 28.5 Å². The molecule has 6 rings (SSSR count). The first kappa shape index (κ1) is 30.2. The van der Waals surface area contributed by atoms with Gasteiger partial charge in [0.2, 0.25) is 11.8 Å². The van der Waals surface area contributed by atoms with Crippen LogP contribution in [0.5, 0.6) is 0 Å². The molecule has 4 heterocycles. The summed E-state index contributed by atoms with van der Waals surface area (Å²) in [5.74, 6) is -4.16. The molecule has 0 radical (unpaired) electrons. The first-order valence-corrected chi connectivity index (χ1v) is 15.1. The Kier molecular flexibility index (Phi) is 7.27. The Balaban J connectivity index is 1.15. The highest BCUT2D eigenvalue weighted by Crippen LogP contribution is 2.60. The molecule has 9 nitrogen and oxygen atoms in total. The molecule has 2 saturated heterocycles. The van der Waals surface area contributed by atoms with Gasteiger partial charge in [0.15, 0.2) is 5.65 Å². The second-order valence-corrected chi connectivity index (χ2v) is 13.8. The van der Waals surface area contributed by atoms with Crippen molar-refractivity contribution in [3.05, 3.63) is 57.7 Å². The molecule has 1 saturated carbocycles. The minimum atomic E-state index is -2.90. The molecule has 2 aromatic heterocycles. The number of benzene rings is 1. The van der Waals surface area contributed by atoms with Crippen molar-refractivity contribution in [3.63, 3.8) is 0 Å². The molecule has 2 N–H and O–H groups in total. The fourth-order valence-electron chi connectivity index (χ4n) is 6.60. The van der Waals surface area contributed by atoms with E-state index in [4.69, 9.17) is 16.3 Å². The molecule has 3 aliphatic rings. The zero-order chi connectivity index (χ0) is 30.9. The molecule has 1 aliphatic carbocycles. The first-order chi connectivity index (χ1) is 20.1. The van der Waals surface area contributed by atoms with Crippen LogP contribution in [-0.4, -0.2) is 73.4 Å². The van der Waals surface area contributed by atoms with Gasteiger partial charge in [0.1, 0.15) is 11.5 Å².